The van der Waals surface area contributed by atoms with Crippen molar-refractivity contribution in [2.45, 2.75) is 19.3 Å². The van der Waals surface area contributed by atoms with Gasteiger partial charge in [-0.3, -0.25) is 0 Å². The number of hydrogen-bond donors (Lipinski definition) is 1. The van der Waals surface area contributed by atoms with Gasteiger partial charge in [0.1, 0.15) is 6.33 Å². The third-order valence-corrected chi connectivity index (χ3v) is 3.92. The summed E-state index contributed by atoms with van der Waals surface area (Å²) in [7, 11) is 1.84. The fourth-order valence-corrected chi connectivity index (χ4v) is 2.62. The summed E-state index contributed by atoms with van der Waals surface area (Å²) in [5.74, 6) is 0. The second-order valence-corrected chi connectivity index (χ2v) is 5.84. The molecule has 0 aliphatic heterocycles. The van der Waals surface area contributed by atoms with Crippen LogP contribution in [0.25, 0.3) is 5.69 Å². The van der Waals surface area contributed by atoms with E-state index in [1.807, 2.05) is 19.2 Å². The smallest absolute Gasteiger partial charge is 0.316 e. The minimum atomic E-state index is -4.42. The normalized spacial score (nSPS) is 11.7. The number of nitrogens with one attached hydrogen (secondary N) is 1. The molecule has 3 aromatic rings. The fraction of sp³-hybridized carbons (Fsp3) is 0.222. The number of halogens is 3. The third-order valence-electron chi connectivity index (χ3n) is 3.92. The van der Waals surface area contributed by atoms with E-state index in [1.165, 1.54) is 23.0 Å². The summed E-state index contributed by atoms with van der Waals surface area (Å²) in [4.78, 5) is 12.5. The zero-order valence-corrected chi connectivity index (χ0v) is 14.0. The van der Waals surface area contributed by atoms with Gasteiger partial charge in [-0.1, -0.05) is 24.3 Å². The molecular formula is C18H17F3N4O. The van der Waals surface area contributed by atoms with Crippen LogP contribution in [0.1, 0.15) is 16.7 Å². The van der Waals surface area contributed by atoms with Crippen LogP contribution in [0.5, 0.6) is 0 Å². The van der Waals surface area contributed by atoms with E-state index in [9.17, 15) is 18.0 Å². The van der Waals surface area contributed by atoms with Crippen molar-refractivity contribution >= 4 is 0 Å². The summed E-state index contributed by atoms with van der Waals surface area (Å²) in [6, 6.07) is 12.3. The number of hydrogen-bond acceptors (Lipinski definition) is 3. The van der Waals surface area contributed by atoms with Crippen molar-refractivity contribution in [1.82, 2.24) is 19.7 Å². The first-order valence-electron chi connectivity index (χ1n) is 7.93. The Hall–Kier alpha value is -2.87. The van der Waals surface area contributed by atoms with Crippen LogP contribution in [0.3, 0.4) is 0 Å². The second kappa shape index (κ2) is 7.17. The average Bonchev–Trinajstić information content (AvgIpc) is 2.96. The van der Waals surface area contributed by atoms with E-state index in [4.69, 9.17) is 0 Å². The predicted molar refractivity (Wildman–Crippen MR) is 91.1 cm³/mol. The van der Waals surface area contributed by atoms with Crippen molar-refractivity contribution in [3.63, 3.8) is 0 Å². The average molecular weight is 362 g/mol. The predicted octanol–water partition coefficient (Wildman–Crippen LogP) is 2.82. The highest BCUT2D eigenvalue weighted by Crippen LogP contribution is 2.29. The largest absolute Gasteiger partial charge is 0.416 e. The number of nitrogens with zero attached hydrogens (tertiary/aromatic N) is 3. The lowest BCUT2D eigenvalue weighted by molar-refractivity contribution is -0.137. The Morgan fingerprint density at radius 3 is 2.46 bits per heavy atom. The van der Waals surface area contributed by atoms with E-state index >= 15 is 0 Å². The van der Waals surface area contributed by atoms with Gasteiger partial charge in [-0.2, -0.15) is 18.3 Å². The molecule has 1 heterocycles. The van der Waals surface area contributed by atoms with Crippen LogP contribution in [-0.2, 0) is 19.3 Å². The van der Waals surface area contributed by atoms with E-state index in [2.05, 4.69) is 10.4 Å². The summed E-state index contributed by atoms with van der Waals surface area (Å²) in [6.45, 7) is 0.678. The SMILES string of the molecule is CNCc1ccc(-n2cnn(Cc3cccc(C(F)(F)F)c3)c2=O)cc1. The Kier molecular flexibility index (Phi) is 4.94. The van der Waals surface area contributed by atoms with Crippen LogP contribution in [-0.4, -0.2) is 21.4 Å². The molecule has 0 radical (unpaired) electrons. The summed E-state index contributed by atoms with van der Waals surface area (Å²) < 4.78 is 40.9. The molecule has 8 heteroatoms. The van der Waals surface area contributed by atoms with Crippen LogP contribution >= 0.6 is 0 Å². The molecule has 2 aromatic carbocycles. The number of aromatic nitrogens is 3. The van der Waals surface area contributed by atoms with Gasteiger partial charge in [0.2, 0.25) is 0 Å². The van der Waals surface area contributed by atoms with E-state index < -0.39 is 17.4 Å². The van der Waals surface area contributed by atoms with Crippen molar-refractivity contribution in [2.75, 3.05) is 7.05 Å². The maximum Gasteiger partial charge on any atom is 0.416 e. The molecule has 0 amide bonds. The number of rotatable bonds is 5. The molecule has 1 aromatic heterocycles. The number of benzene rings is 2. The first-order valence-corrected chi connectivity index (χ1v) is 7.93. The lowest BCUT2D eigenvalue weighted by Gasteiger charge is -2.08. The first-order chi connectivity index (χ1) is 12.4. The Bertz CT molecular complexity index is 942. The van der Waals surface area contributed by atoms with E-state index in [1.54, 1.807) is 12.1 Å². The summed E-state index contributed by atoms with van der Waals surface area (Å²) in [5.41, 5.74) is 0.911. The van der Waals surface area contributed by atoms with E-state index in [0.717, 1.165) is 22.4 Å². The molecule has 0 bridgehead atoms. The molecule has 0 aliphatic rings. The molecule has 0 spiro atoms. The van der Waals surface area contributed by atoms with Crippen molar-refractivity contribution < 1.29 is 13.2 Å². The molecule has 5 nitrogen and oxygen atoms in total. The molecule has 0 unspecified atom stereocenters. The Balaban J connectivity index is 1.85. The van der Waals surface area contributed by atoms with Crippen molar-refractivity contribution in [3.8, 4) is 5.69 Å². The van der Waals surface area contributed by atoms with Crippen LogP contribution in [0, 0.1) is 0 Å². The molecule has 0 fully saturated rings. The van der Waals surface area contributed by atoms with Gasteiger partial charge in [0, 0.05) is 6.54 Å². The molecule has 0 aliphatic carbocycles. The summed E-state index contributed by atoms with van der Waals surface area (Å²) in [5, 5.41) is 7.05. The number of alkyl halides is 3. The highest BCUT2D eigenvalue weighted by molar-refractivity contribution is 5.34. The lowest BCUT2D eigenvalue weighted by Crippen LogP contribution is -2.24. The molecular weight excluding hydrogens is 345 g/mol. The topological polar surface area (TPSA) is 51.9 Å². The van der Waals surface area contributed by atoms with Crippen molar-refractivity contribution in [2.24, 2.45) is 0 Å². The molecule has 0 saturated heterocycles. The van der Waals surface area contributed by atoms with Gasteiger partial charge in [0.25, 0.3) is 0 Å². The van der Waals surface area contributed by atoms with E-state index in [-0.39, 0.29) is 6.54 Å². The molecule has 26 heavy (non-hydrogen) atoms. The third kappa shape index (κ3) is 3.85. The zero-order chi connectivity index (χ0) is 18.7. The highest BCUT2D eigenvalue weighted by Gasteiger charge is 2.30. The molecule has 0 atom stereocenters. The first kappa shape index (κ1) is 17.9. The van der Waals surface area contributed by atoms with Gasteiger partial charge in [-0.15, -0.1) is 0 Å². The molecule has 1 N–H and O–H groups in total. The van der Waals surface area contributed by atoms with Crippen molar-refractivity contribution in [1.29, 1.82) is 0 Å². The quantitative estimate of drug-likeness (QED) is 0.759. The summed E-state index contributed by atoms with van der Waals surface area (Å²) >= 11 is 0. The Labute approximate surface area is 147 Å². The Morgan fingerprint density at radius 1 is 1.08 bits per heavy atom. The Morgan fingerprint density at radius 2 is 1.81 bits per heavy atom. The van der Waals surface area contributed by atoms with Crippen molar-refractivity contribution in [3.05, 3.63) is 82.0 Å². The molecule has 3 rings (SSSR count). The van der Waals surface area contributed by atoms with Crippen LogP contribution in [0.2, 0.25) is 0 Å². The minimum Gasteiger partial charge on any atom is -0.316 e. The lowest BCUT2D eigenvalue weighted by atomic mass is 10.1. The van der Waals surface area contributed by atoms with Crippen LogP contribution in [0.15, 0.2) is 59.7 Å². The van der Waals surface area contributed by atoms with Gasteiger partial charge >= 0.3 is 11.9 Å². The molecule has 136 valence electrons. The maximum atomic E-state index is 12.8. The van der Waals surface area contributed by atoms with Gasteiger partial charge in [0.15, 0.2) is 0 Å². The van der Waals surface area contributed by atoms with Gasteiger partial charge in [-0.25, -0.2) is 14.0 Å². The van der Waals surface area contributed by atoms with Crippen LogP contribution < -0.4 is 11.0 Å². The van der Waals surface area contributed by atoms with Crippen LogP contribution in [0.4, 0.5) is 13.2 Å². The monoisotopic (exact) mass is 362 g/mol. The van der Waals surface area contributed by atoms with Gasteiger partial charge in [-0.05, 0) is 42.4 Å². The second-order valence-electron chi connectivity index (χ2n) is 5.84. The minimum absolute atomic E-state index is 0.0341. The van der Waals surface area contributed by atoms with E-state index in [0.29, 0.717) is 17.8 Å². The maximum absolute atomic E-state index is 12.8. The van der Waals surface area contributed by atoms with Gasteiger partial charge in [0.05, 0.1) is 17.8 Å². The standard InChI is InChI=1S/C18H17F3N4O/c1-22-10-13-5-7-16(8-6-13)24-12-23-25(17(24)26)11-14-3-2-4-15(9-14)18(19,20)21/h2-9,12,22H,10-11H2,1H3. The fourth-order valence-electron chi connectivity index (χ4n) is 2.62. The summed E-state index contributed by atoms with van der Waals surface area (Å²) in [6.07, 6.45) is -3.06. The zero-order valence-electron chi connectivity index (χ0n) is 14.0. The molecule has 0 saturated carbocycles. The highest BCUT2D eigenvalue weighted by atomic mass is 19.4. The van der Waals surface area contributed by atoms with Gasteiger partial charge < -0.3 is 5.32 Å².